The van der Waals surface area contributed by atoms with E-state index in [1.165, 1.54) is 7.11 Å². The van der Waals surface area contributed by atoms with Gasteiger partial charge in [-0.1, -0.05) is 54.6 Å². The van der Waals surface area contributed by atoms with Crippen molar-refractivity contribution in [3.63, 3.8) is 0 Å². The number of anilines is 1. The lowest BCUT2D eigenvalue weighted by Crippen LogP contribution is -2.17. The maximum absolute atomic E-state index is 12.3. The van der Waals surface area contributed by atoms with E-state index in [0.29, 0.717) is 11.3 Å². The number of rotatable bonds is 4. The van der Waals surface area contributed by atoms with Crippen LogP contribution in [0.2, 0.25) is 0 Å². The van der Waals surface area contributed by atoms with Crippen LogP contribution in [0, 0.1) is 0 Å². The van der Waals surface area contributed by atoms with Gasteiger partial charge in [-0.15, -0.1) is 0 Å². The molecule has 0 aliphatic rings. The van der Waals surface area contributed by atoms with E-state index in [-0.39, 0.29) is 12.3 Å². The van der Waals surface area contributed by atoms with Gasteiger partial charge in [-0.25, -0.2) is 4.79 Å². The number of benzene rings is 3. The second-order valence-corrected chi connectivity index (χ2v) is 5.44. The molecular formula is C20H17NO3. The Kier molecular flexibility index (Phi) is 4.57. The zero-order valence-corrected chi connectivity index (χ0v) is 13.3. The number of ether oxygens (including phenoxy) is 1. The highest BCUT2D eigenvalue weighted by Crippen LogP contribution is 2.18. The summed E-state index contributed by atoms with van der Waals surface area (Å²) >= 11 is 0. The minimum atomic E-state index is -0.475. The quantitative estimate of drug-likeness (QED) is 0.744. The molecule has 3 aromatic carbocycles. The Morgan fingerprint density at radius 2 is 1.62 bits per heavy atom. The summed E-state index contributed by atoms with van der Waals surface area (Å²) in [5.74, 6) is -0.654. The van der Waals surface area contributed by atoms with Crippen LogP contribution in [-0.4, -0.2) is 19.0 Å². The number of esters is 1. The first-order chi connectivity index (χ1) is 11.7. The van der Waals surface area contributed by atoms with Crippen molar-refractivity contribution in [3.05, 3.63) is 77.9 Å². The smallest absolute Gasteiger partial charge is 0.339 e. The van der Waals surface area contributed by atoms with Crippen molar-refractivity contribution < 1.29 is 14.3 Å². The van der Waals surface area contributed by atoms with E-state index < -0.39 is 5.97 Å². The number of hydrogen-bond donors (Lipinski definition) is 1. The fourth-order valence-electron chi connectivity index (χ4n) is 2.61. The number of carbonyl (C=O) groups is 2. The van der Waals surface area contributed by atoms with Crippen molar-refractivity contribution in [2.24, 2.45) is 0 Å². The van der Waals surface area contributed by atoms with E-state index in [9.17, 15) is 9.59 Å². The summed E-state index contributed by atoms with van der Waals surface area (Å²) in [5, 5.41) is 5.01. The van der Waals surface area contributed by atoms with Crippen LogP contribution < -0.4 is 5.32 Å². The molecule has 0 bridgehead atoms. The van der Waals surface area contributed by atoms with Crippen LogP contribution in [0.4, 0.5) is 5.69 Å². The average molecular weight is 319 g/mol. The number of methoxy groups -OCH3 is 1. The Labute approximate surface area is 140 Å². The van der Waals surface area contributed by atoms with Crippen LogP contribution in [0.3, 0.4) is 0 Å². The topological polar surface area (TPSA) is 55.4 Å². The molecule has 0 fully saturated rings. The highest BCUT2D eigenvalue weighted by atomic mass is 16.5. The van der Waals surface area contributed by atoms with Crippen molar-refractivity contribution in [2.75, 3.05) is 12.4 Å². The van der Waals surface area contributed by atoms with Crippen LogP contribution in [0.5, 0.6) is 0 Å². The van der Waals surface area contributed by atoms with Gasteiger partial charge in [0.25, 0.3) is 0 Å². The number of amides is 1. The molecule has 0 aliphatic heterocycles. The van der Waals surface area contributed by atoms with Gasteiger partial charge < -0.3 is 10.1 Å². The first kappa shape index (κ1) is 15.7. The molecule has 3 aromatic rings. The number of carbonyl (C=O) groups excluding carboxylic acids is 2. The molecule has 1 N–H and O–H groups in total. The van der Waals surface area contributed by atoms with Crippen molar-refractivity contribution in [1.29, 1.82) is 0 Å². The Morgan fingerprint density at radius 3 is 2.42 bits per heavy atom. The Balaban J connectivity index is 1.77. The molecule has 0 saturated heterocycles. The van der Waals surface area contributed by atoms with Gasteiger partial charge in [0.2, 0.25) is 5.91 Å². The first-order valence-electron chi connectivity index (χ1n) is 7.62. The Bertz CT molecular complexity index is 902. The summed E-state index contributed by atoms with van der Waals surface area (Å²) in [5.41, 5.74) is 1.71. The second-order valence-electron chi connectivity index (χ2n) is 5.44. The lowest BCUT2D eigenvalue weighted by atomic mass is 10.0. The molecule has 1 amide bonds. The van der Waals surface area contributed by atoms with Gasteiger partial charge in [0.1, 0.15) is 0 Å². The third-order valence-electron chi connectivity index (χ3n) is 3.79. The van der Waals surface area contributed by atoms with E-state index in [2.05, 4.69) is 5.32 Å². The highest BCUT2D eigenvalue weighted by molar-refractivity contribution is 6.01. The number of hydrogen-bond acceptors (Lipinski definition) is 3. The van der Waals surface area contributed by atoms with Gasteiger partial charge >= 0.3 is 5.97 Å². The average Bonchev–Trinajstić information content (AvgIpc) is 2.61. The molecule has 0 aliphatic carbocycles. The van der Waals surface area contributed by atoms with Crippen molar-refractivity contribution >= 4 is 28.3 Å². The van der Waals surface area contributed by atoms with E-state index in [0.717, 1.165) is 16.3 Å². The van der Waals surface area contributed by atoms with Crippen LogP contribution in [0.1, 0.15) is 15.9 Å². The van der Waals surface area contributed by atoms with E-state index in [4.69, 9.17) is 4.74 Å². The molecule has 0 spiro atoms. The first-order valence-corrected chi connectivity index (χ1v) is 7.62. The van der Waals surface area contributed by atoms with Gasteiger partial charge in [0.05, 0.1) is 24.8 Å². The van der Waals surface area contributed by atoms with E-state index in [1.54, 1.807) is 24.3 Å². The molecular weight excluding hydrogens is 302 g/mol. The van der Waals surface area contributed by atoms with Crippen molar-refractivity contribution in [1.82, 2.24) is 0 Å². The number of para-hydroxylation sites is 1. The van der Waals surface area contributed by atoms with Crippen LogP contribution >= 0.6 is 0 Å². The summed E-state index contributed by atoms with van der Waals surface area (Å²) in [7, 11) is 1.32. The van der Waals surface area contributed by atoms with Crippen molar-refractivity contribution in [3.8, 4) is 0 Å². The Morgan fingerprint density at radius 1 is 0.917 bits per heavy atom. The monoisotopic (exact) mass is 319 g/mol. The summed E-state index contributed by atoms with van der Waals surface area (Å²) in [6.45, 7) is 0. The maximum Gasteiger partial charge on any atom is 0.339 e. The molecule has 0 atom stereocenters. The van der Waals surface area contributed by atoms with E-state index >= 15 is 0 Å². The summed E-state index contributed by atoms with van der Waals surface area (Å²) < 4.78 is 4.73. The molecule has 0 saturated carbocycles. The standard InChI is InChI=1S/C20H17NO3/c1-24-20(23)17-8-4-5-9-18(17)21-19(22)13-14-10-11-15-6-2-3-7-16(15)12-14/h2-12H,13H2,1H3,(H,21,22). The third kappa shape index (κ3) is 3.43. The number of fused-ring (bicyclic) bond motifs is 1. The largest absolute Gasteiger partial charge is 0.465 e. The molecule has 0 unspecified atom stereocenters. The second kappa shape index (κ2) is 6.96. The molecule has 4 nitrogen and oxygen atoms in total. The van der Waals surface area contributed by atoms with Crippen LogP contribution in [0.25, 0.3) is 10.8 Å². The zero-order valence-electron chi connectivity index (χ0n) is 13.3. The predicted octanol–water partition coefficient (Wildman–Crippen LogP) is 3.81. The minimum absolute atomic E-state index is 0.179. The maximum atomic E-state index is 12.3. The van der Waals surface area contributed by atoms with Gasteiger partial charge in [0, 0.05) is 0 Å². The van der Waals surface area contributed by atoms with Crippen LogP contribution in [-0.2, 0) is 16.0 Å². The fourth-order valence-corrected chi connectivity index (χ4v) is 2.61. The molecule has 24 heavy (non-hydrogen) atoms. The molecule has 4 heteroatoms. The summed E-state index contributed by atoms with van der Waals surface area (Å²) in [6.07, 6.45) is 0.236. The van der Waals surface area contributed by atoms with E-state index in [1.807, 2.05) is 42.5 Å². The SMILES string of the molecule is COC(=O)c1ccccc1NC(=O)Cc1ccc2ccccc2c1. The summed E-state index contributed by atoms with van der Waals surface area (Å²) in [4.78, 5) is 24.1. The van der Waals surface area contributed by atoms with Gasteiger partial charge in [-0.05, 0) is 28.5 Å². The number of nitrogens with one attached hydrogen (secondary N) is 1. The highest BCUT2D eigenvalue weighted by Gasteiger charge is 2.13. The van der Waals surface area contributed by atoms with Crippen molar-refractivity contribution in [2.45, 2.75) is 6.42 Å². The van der Waals surface area contributed by atoms with Gasteiger partial charge in [-0.2, -0.15) is 0 Å². The molecule has 0 aromatic heterocycles. The minimum Gasteiger partial charge on any atom is -0.465 e. The molecule has 3 rings (SSSR count). The Hall–Kier alpha value is -3.14. The lowest BCUT2D eigenvalue weighted by Gasteiger charge is -2.10. The van der Waals surface area contributed by atoms with Gasteiger partial charge in [-0.3, -0.25) is 4.79 Å². The summed E-state index contributed by atoms with van der Waals surface area (Å²) in [6, 6.07) is 20.7. The van der Waals surface area contributed by atoms with Crippen LogP contribution in [0.15, 0.2) is 66.7 Å². The zero-order chi connectivity index (χ0) is 16.9. The predicted molar refractivity (Wildman–Crippen MR) is 94.1 cm³/mol. The normalized spacial score (nSPS) is 10.4. The van der Waals surface area contributed by atoms with Gasteiger partial charge in [0.15, 0.2) is 0 Å². The fraction of sp³-hybridized carbons (Fsp3) is 0.100. The lowest BCUT2D eigenvalue weighted by molar-refractivity contribution is -0.115. The molecule has 120 valence electrons. The molecule has 0 radical (unpaired) electrons. The third-order valence-corrected chi connectivity index (χ3v) is 3.79. The molecule has 0 heterocycles.